The molecule has 0 bridgehead atoms. The molecule has 1 aliphatic heterocycles. The topological polar surface area (TPSA) is 18.5 Å². The summed E-state index contributed by atoms with van der Waals surface area (Å²) in [5.74, 6) is 0.894. The molecular weight excluding hydrogens is 188 g/mol. The summed E-state index contributed by atoms with van der Waals surface area (Å²) < 4.78 is 10.9. The Hall–Kier alpha value is -1.28. The van der Waals surface area contributed by atoms with Crippen molar-refractivity contribution in [2.45, 2.75) is 18.9 Å². The number of methoxy groups -OCH3 is 1. The number of benzene rings is 1. The van der Waals surface area contributed by atoms with Crippen LogP contribution < -0.4 is 4.74 Å². The summed E-state index contributed by atoms with van der Waals surface area (Å²) in [6.07, 6.45) is 6.65. The Morgan fingerprint density at radius 2 is 2.00 bits per heavy atom. The van der Waals surface area contributed by atoms with Gasteiger partial charge in [0.25, 0.3) is 0 Å². The van der Waals surface area contributed by atoms with Gasteiger partial charge in [0.2, 0.25) is 0 Å². The van der Waals surface area contributed by atoms with Crippen molar-refractivity contribution >= 4 is 0 Å². The molecule has 0 saturated heterocycles. The van der Waals surface area contributed by atoms with E-state index in [1.807, 2.05) is 12.1 Å². The summed E-state index contributed by atoms with van der Waals surface area (Å²) in [6, 6.07) is 8.12. The van der Waals surface area contributed by atoms with Crippen molar-refractivity contribution < 1.29 is 9.47 Å². The first-order chi connectivity index (χ1) is 7.40. The molecule has 80 valence electrons. The molecular formula is C13H16O2. The quantitative estimate of drug-likeness (QED) is 0.689. The van der Waals surface area contributed by atoms with Gasteiger partial charge in [0.15, 0.2) is 0 Å². The standard InChI is InChI=1S/C13H16O2/c1-14-12-8-6-11(7-9-12)13-5-3-2-4-10-15-13/h2,4,6-9,13H,3,5,10H2,1H3. The first-order valence-corrected chi connectivity index (χ1v) is 5.30. The van der Waals surface area contributed by atoms with E-state index in [1.165, 1.54) is 5.56 Å². The third-order valence-electron chi connectivity index (χ3n) is 2.64. The lowest BCUT2D eigenvalue weighted by Crippen LogP contribution is -2.02. The van der Waals surface area contributed by atoms with E-state index >= 15 is 0 Å². The molecule has 0 N–H and O–H groups in total. The lowest BCUT2D eigenvalue weighted by Gasteiger charge is -2.15. The van der Waals surface area contributed by atoms with E-state index in [1.54, 1.807) is 7.11 Å². The van der Waals surface area contributed by atoms with Crippen molar-refractivity contribution in [3.63, 3.8) is 0 Å². The van der Waals surface area contributed by atoms with Crippen LogP contribution in [0.3, 0.4) is 0 Å². The van der Waals surface area contributed by atoms with Crippen LogP contribution in [0.4, 0.5) is 0 Å². The predicted molar refractivity (Wildman–Crippen MR) is 60.1 cm³/mol. The molecule has 0 fully saturated rings. The molecule has 2 heteroatoms. The Morgan fingerprint density at radius 1 is 1.20 bits per heavy atom. The SMILES string of the molecule is COc1ccc(C2CCC=CCO2)cc1. The summed E-state index contributed by atoms with van der Waals surface area (Å²) in [6.45, 7) is 0.719. The van der Waals surface area contributed by atoms with E-state index in [9.17, 15) is 0 Å². The molecule has 1 aliphatic rings. The fourth-order valence-corrected chi connectivity index (χ4v) is 1.77. The molecule has 1 atom stereocenters. The summed E-state index contributed by atoms with van der Waals surface area (Å²) in [4.78, 5) is 0. The van der Waals surface area contributed by atoms with Gasteiger partial charge in [-0.3, -0.25) is 0 Å². The van der Waals surface area contributed by atoms with Gasteiger partial charge in [-0.15, -0.1) is 0 Å². The largest absolute Gasteiger partial charge is 0.497 e. The molecule has 0 aromatic heterocycles. The van der Waals surface area contributed by atoms with E-state index in [-0.39, 0.29) is 6.10 Å². The number of rotatable bonds is 2. The van der Waals surface area contributed by atoms with Crippen molar-refractivity contribution in [3.8, 4) is 5.75 Å². The monoisotopic (exact) mass is 204 g/mol. The molecule has 0 amide bonds. The second-order valence-electron chi connectivity index (χ2n) is 3.64. The molecule has 15 heavy (non-hydrogen) atoms. The van der Waals surface area contributed by atoms with Crippen molar-refractivity contribution in [2.75, 3.05) is 13.7 Å². The van der Waals surface area contributed by atoms with Crippen LogP contribution in [0.25, 0.3) is 0 Å². The van der Waals surface area contributed by atoms with E-state index < -0.39 is 0 Å². The maximum absolute atomic E-state index is 5.73. The zero-order valence-electron chi connectivity index (χ0n) is 8.98. The van der Waals surface area contributed by atoms with Gasteiger partial charge in [-0.05, 0) is 30.5 Å². The normalized spacial score (nSPS) is 21.0. The van der Waals surface area contributed by atoms with Crippen LogP contribution in [-0.4, -0.2) is 13.7 Å². The van der Waals surface area contributed by atoms with E-state index in [0.717, 1.165) is 25.2 Å². The number of ether oxygens (including phenoxy) is 2. The van der Waals surface area contributed by atoms with Crippen LogP contribution in [0.2, 0.25) is 0 Å². The summed E-state index contributed by atoms with van der Waals surface area (Å²) in [7, 11) is 1.68. The Labute approximate surface area is 90.5 Å². The highest BCUT2D eigenvalue weighted by Crippen LogP contribution is 2.26. The van der Waals surface area contributed by atoms with Gasteiger partial charge in [0.05, 0.1) is 19.8 Å². The third kappa shape index (κ3) is 2.60. The zero-order valence-corrected chi connectivity index (χ0v) is 8.98. The number of hydrogen-bond donors (Lipinski definition) is 0. The highest BCUT2D eigenvalue weighted by atomic mass is 16.5. The maximum Gasteiger partial charge on any atom is 0.118 e. The first kappa shape index (κ1) is 10.2. The fourth-order valence-electron chi connectivity index (χ4n) is 1.77. The maximum atomic E-state index is 5.73. The van der Waals surface area contributed by atoms with E-state index in [0.29, 0.717) is 0 Å². The van der Waals surface area contributed by atoms with Gasteiger partial charge < -0.3 is 9.47 Å². The summed E-state index contributed by atoms with van der Waals surface area (Å²) in [5.41, 5.74) is 1.24. The summed E-state index contributed by atoms with van der Waals surface area (Å²) in [5, 5.41) is 0. The lowest BCUT2D eigenvalue weighted by molar-refractivity contribution is 0.0724. The first-order valence-electron chi connectivity index (χ1n) is 5.30. The highest BCUT2D eigenvalue weighted by Gasteiger charge is 2.12. The Balaban J connectivity index is 2.07. The average molecular weight is 204 g/mol. The fraction of sp³-hybridized carbons (Fsp3) is 0.385. The van der Waals surface area contributed by atoms with Crippen LogP contribution in [-0.2, 0) is 4.74 Å². The second kappa shape index (κ2) is 4.99. The van der Waals surface area contributed by atoms with E-state index in [4.69, 9.17) is 9.47 Å². The van der Waals surface area contributed by atoms with Gasteiger partial charge in [0, 0.05) is 0 Å². The zero-order chi connectivity index (χ0) is 10.5. The Morgan fingerprint density at radius 3 is 2.73 bits per heavy atom. The summed E-state index contributed by atoms with van der Waals surface area (Å²) >= 11 is 0. The van der Waals surface area contributed by atoms with Crippen molar-refractivity contribution in [1.29, 1.82) is 0 Å². The highest BCUT2D eigenvalue weighted by molar-refractivity contribution is 5.28. The van der Waals surface area contributed by atoms with Crippen LogP contribution in [0.15, 0.2) is 36.4 Å². The number of allylic oxidation sites excluding steroid dienone is 1. The van der Waals surface area contributed by atoms with Crippen molar-refractivity contribution in [2.24, 2.45) is 0 Å². The molecule has 2 nitrogen and oxygen atoms in total. The lowest BCUT2D eigenvalue weighted by atomic mass is 10.1. The van der Waals surface area contributed by atoms with Crippen molar-refractivity contribution in [3.05, 3.63) is 42.0 Å². The molecule has 0 radical (unpaired) electrons. The predicted octanol–water partition coefficient (Wildman–Crippen LogP) is 3.10. The molecule has 0 spiro atoms. The molecule has 0 saturated carbocycles. The third-order valence-corrected chi connectivity index (χ3v) is 2.64. The molecule has 2 rings (SSSR count). The molecule has 1 aromatic carbocycles. The smallest absolute Gasteiger partial charge is 0.118 e. The molecule has 1 aromatic rings. The van der Waals surface area contributed by atoms with Crippen LogP contribution in [0, 0.1) is 0 Å². The Bertz CT molecular complexity index is 317. The minimum Gasteiger partial charge on any atom is -0.497 e. The Kier molecular flexibility index (Phi) is 3.41. The minimum absolute atomic E-state index is 0.228. The molecule has 0 aliphatic carbocycles. The van der Waals surface area contributed by atoms with Gasteiger partial charge in [-0.1, -0.05) is 24.3 Å². The van der Waals surface area contributed by atoms with Gasteiger partial charge in [-0.25, -0.2) is 0 Å². The van der Waals surface area contributed by atoms with Crippen LogP contribution >= 0.6 is 0 Å². The van der Waals surface area contributed by atoms with E-state index in [2.05, 4.69) is 24.3 Å². The van der Waals surface area contributed by atoms with Gasteiger partial charge >= 0.3 is 0 Å². The molecule has 1 heterocycles. The molecule has 1 unspecified atom stereocenters. The van der Waals surface area contributed by atoms with Gasteiger partial charge in [-0.2, -0.15) is 0 Å². The van der Waals surface area contributed by atoms with Crippen LogP contribution in [0.1, 0.15) is 24.5 Å². The minimum atomic E-state index is 0.228. The van der Waals surface area contributed by atoms with Crippen molar-refractivity contribution in [1.82, 2.24) is 0 Å². The number of hydrogen-bond acceptors (Lipinski definition) is 2. The second-order valence-corrected chi connectivity index (χ2v) is 3.64. The van der Waals surface area contributed by atoms with Crippen LogP contribution in [0.5, 0.6) is 5.75 Å². The van der Waals surface area contributed by atoms with Gasteiger partial charge in [0.1, 0.15) is 5.75 Å². The average Bonchev–Trinajstić information content (AvgIpc) is 2.58.